The molecule has 1 aromatic heterocycles. The number of nitrogens with zero attached hydrogens (tertiary/aromatic N) is 2. The molecule has 0 bridgehead atoms. The van der Waals surface area contributed by atoms with Crippen molar-refractivity contribution < 1.29 is 19.1 Å². The lowest BCUT2D eigenvalue weighted by Gasteiger charge is -2.38. The molecule has 1 fully saturated rings. The minimum atomic E-state index is -0.573. The predicted molar refractivity (Wildman–Crippen MR) is 104 cm³/mol. The molecule has 0 radical (unpaired) electrons. The number of rotatable bonds is 5. The van der Waals surface area contributed by atoms with Crippen molar-refractivity contribution in [3.05, 3.63) is 35.3 Å². The van der Waals surface area contributed by atoms with Crippen LogP contribution in [0.1, 0.15) is 43.6 Å². The lowest BCUT2D eigenvalue weighted by Crippen LogP contribution is -2.49. The largest absolute Gasteiger partial charge is 0.497 e. The third kappa shape index (κ3) is 4.47. The van der Waals surface area contributed by atoms with Crippen LogP contribution in [-0.2, 0) is 9.53 Å². The predicted octanol–water partition coefficient (Wildman–Crippen LogP) is 3.77. The van der Waals surface area contributed by atoms with Gasteiger partial charge in [0, 0.05) is 23.0 Å². The van der Waals surface area contributed by atoms with E-state index in [1.165, 1.54) is 11.3 Å². The molecular weight excluding hydrogens is 364 g/mol. The van der Waals surface area contributed by atoms with Crippen molar-refractivity contribution in [1.82, 2.24) is 9.88 Å². The molecule has 27 heavy (non-hydrogen) atoms. The van der Waals surface area contributed by atoms with Crippen molar-refractivity contribution in [2.45, 2.75) is 45.2 Å². The van der Waals surface area contributed by atoms with Gasteiger partial charge in [-0.3, -0.25) is 4.79 Å². The Labute approximate surface area is 163 Å². The number of aromatic nitrogens is 1. The maximum absolute atomic E-state index is 12.5. The van der Waals surface area contributed by atoms with Crippen molar-refractivity contribution in [2.75, 3.05) is 13.7 Å². The van der Waals surface area contributed by atoms with Crippen molar-refractivity contribution in [3.8, 4) is 16.3 Å². The SMILES string of the molecule is COc1ccc(-c2nc(C(=O)OCC(=O)N3[C@@H](C)CCC[C@@H]3C)cs2)cc1. The second kappa shape index (κ2) is 8.52. The smallest absolute Gasteiger partial charge is 0.358 e. The molecule has 144 valence electrons. The Morgan fingerprint density at radius 3 is 2.48 bits per heavy atom. The molecule has 1 saturated heterocycles. The summed E-state index contributed by atoms with van der Waals surface area (Å²) in [5.41, 5.74) is 1.12. The van der Waals surface area contributed by atoms with Crippen LogP contribution in [0.3, 0.4) is 0 Å². The van der Waals surface area contributed by atoms with Gasteiger partial charge < -0.3 is 14.4 Å². The summed E-state index contributed by atoms with van der Waals surface area (Å²) in [4.78, 5) is 30.9. The third-order valence-corrected chi connectivity index (χ3v) is 5.75. The molecule has 2 atom stereocenters. The molecule has 2 aromatic rings. The Bertz CT molecular complexity index is 793. The first-order valence-corrected chi connectivity index (χ1v) is 9.95. The fourth-order valence-corrected chi connectivity index (χ4v) is 4.22. The van der Waals surface area contributed by atoms with E-state index < -0.39 is 5.97 Å². The van der Waals surface area contributed by atoms with Crippen molar-refractivity contribution >= 4 is 23.2 Å². The molecule has 1 aliphatic heterocycles. The van der Waals surface area contributed by atoms with Crippen LogP contribution in [0.5, 0.6) is 5.75 Å². The number of esters is 1. The second-order valence-corrected chi connectivity index (χ2v) is 7.63. The standard InChI is InChI=1S/C20H24N2O4S/c1-13-5-4-6-14(2)22(13)18(23)11-26-20(24)17-12-27-19(21-17)15-7-9-16(25-3)10-8-15/h7-10,12-14H,4-6,11H2,1-3H3/t13-,14-/m0/s1. The normalized spacial score (nSPS) is 19.6. The zero-order valence-electron chi connectivity index (χ0n) is 15.8. The summed E-state index contributed by atoms with van der Waals surface area (Å²) >= 11 is 1.36. The molecule has 1 amide bonds. The zero-order valence-corrected chi connectivity index (χ0v) is 16.6. The monoisotopic (exact) mass is 388 g/mol. The fourth-order valence-electron chi connectivity index (χ4n) is 3.42. The summed E-state index contributed by atoms with van der Waals surface area (Å²) in [6, 6.07) is 7.81. The average molecular weight is 388 g/mol. The number of methoxy groups -OCH3 is 1. The lowest BCUT2D eigenvalue weighted by atomic mass is 9.97. The quantitative estimate of drug-likeness (QED) is 0.730. The summed E-state index contributed by atoms with van der Waals surface area (Å²) in [7, 11) is 1.61. The number of likely N-dealkylation sites (tertiary alicyclic amines) is 1. The molecule has 0 unspecified atom stereocenters. The van der Waals surface area contributed by atoms with Crippen LogP contribution in [-0.4, -0.2) is 47.6 Å². The van der Waals surface area contributed by atoms with Crippen LogP contribution in [0, 0.1) is 0 Å². The van der Waals surface area contributed by atoms with Gasteiger partial charge in [-0.2, -0.15) is 0 Å². The average Bonchev–Trinajstić information content (AvgIpc) is 3.16. The number of hydrogen-bond donors (Lipinski definition) is 0. The van der Waals surface area contributed by atoms with E-state index in [9.17, 15) is 9.59 Å². The number of amides is 1. The van der Waals surface area contributed by atoms with Gasteiger partial charge in [-0.1, -0.05) is 0 Å². The Kier molecular flexibility index (Phi) is 6.11. The molecule has 0 aliphatic carbocycles. The van der Waals surface area contributed by atoms with Gasteiger partial charge in [0.25, 0.3) is 5.91 Å². The van der Waals surface area contributed by atoms with Gasteiger partial charge in [-0.25, -0.2) is 9.78 Å². The summed E-state index contributed by atoms with van der Waals surface area (Å²) in [6.07, 6.45) is 3.10. The highest BCUT2D eigenvalue weighted by Gasteiger charge is 2.29. The molecule has 0 N–H and O–H groups in total. The van der Waals surface area contributed by atoms with Crippen LogP contribution in [0.2, 0.25) is 0 Å². The Hall–Kier alpha value is -2.41. The highest BCUT2D eigenvalue weighted by atomic mass is 32.1. The molecular formula is C20H24N2O4S. The molecule has 7 heteroatoms. The Morgan fingerprint density at radius 2 is 1.85 bits per heavy atom. The van der Waals surface area contributed by atoms with E-state index in [1.54, 1.807) is 12.5 Å². The molecule has 0 saturated carbocycles. The van der Waals surface area contributed by atoms with Gasteiger partial charge in [0.1, 0.15) is 10.8 Å². The van der Waals surface area contributed by atoms with E-state index in [0.29, 0.717) is 5.01 Å². The van der Waals surface area contributed by atoms with E-state index in [4.69, 9.17) is 9.47 Å². The molecule has 3 rings (SSSR count). The minimum absolute atomic E-state index is 0.145. The molecule has 0 spiro atoms. The van der Waals surface area contributed by atoms with Crippen molar-refractivity contribution in [1.29, 1.82) is 0 Å². The fraction of sp³-hybridized carbons (Fsp3) is 0.450. The number of thiazole rings is 1. The van der Waals surface area contributed by atoms with E-state index in [0.717, 1.165) is 30.6 Å². The van der Waals surface area contributed by atoms with Crippen LogP contribution in [0.4, 0.5) is 0 Å². The van der Waals surface area contributed by atoms with Gasteiger partial charge in [-0.05, 0) is 57.4 Å². The first kappa shape index (κ1) is 19.4. The van der Waals surface area contributed by atoms with E-state index in [-0.39, 0.29) is 30.3 Å². The lowest BCUT2D eigenvalue weighted by molar-refractivity contribution is -0.140. The molecule has 1 aliphatic rings. The van der Waals surface area contributed by atoms with Gasteiger partial charge >= 0.3 is 5.97 Å². The summed E-state index contributed by atoms with van der Waals surface area (Å²) < 4.78 is 10.4. The van der Waals surface area contributed by atoms with Crippen molar-refractivity contribution in [2.24, 2.45) is 0 Å². The van der Waals surface area contributed by atoms with Gasteiger partial charge in [0.05, 0.1) is 7.11 Å². The topological polar surface area (TPSA) is 68.7 Å². The van der Waals surface area contributed by atoms with Crippen molar-refractivity contribution in [3.63, 3.8) is 0 Å². The Morgan fingerprint density at radius 1 is 1.19 bits per heavy atom. The van der Waals surface area contributed by atoms with Crippen LogP contribution < -0.4 is 4.74 Å². The Balaban J connectivity index is 1.60. The van der Waals surface area contributed by atoms with Crippen LogP contribution >= 0.6 is 11.3 Å². The highest BCUT2D eigenvalue weighted by Crippen LogP contribution is 2.26. The minimum Gasteiger partial charge on any atom is -0.497 e. The maximum Gasteiger partial charge on any atom is 0.358 e. The summed E-state index contributed by atoms with van der Waals surface area (Å²) in [6.45, 7) is 3.83. The maximum atomic E-state index is 12.5. The van der Waals surface area contributed by atoms with Gasteiger partial charge in [0.2, 0.25) is 0 Å². The zero-order chi connectivity index (χ0) is 19.4. The first-order valence-electron chi connectivity index (χ1n) is 9.08. The second-order valence-electron chi connectivity index (χ2n) is 6.77. The molecule has 1 aromatic carbocycles. The number of benzene rings is 1. The molecule has 2 heterocycles. The summed E-state index contributed by atoms with van der Waals surface area (Å²) in [5, 5.41) is 2.37. The number of carbonyl (C=O) groups excluding carboxylic acids is 2. The van der Waals surface area contributed by atoms with E-state index >= 15 is 0 Å². The van der Waals surface area contributed by atoms with Crippen LogP contribution in [0.25, 0.3) is 10.6 Å². The summed E-state index contributed by atoms with van der Waals surface area (Å²) in [5.74, 6) is 0.0416. The third-order valence-electron chi connectivity index (χ3n) is 4.86. The number of carbonyl (C=O) groups is 2. The molecule has 6 nitrogen and oxygen atoms in total. The van der Waals surface area contributed by atoms with Crippen LogP contribution in [0.15, 0.2) is 29.6 Å². The van der Waals surface area contributed by atoms with Gasteiger partial charge in [0.15, 0.2) is 12.3 Å². The first-order chi connectivity index (χ1) is 13.0. The highest BCUT2D eigenvalue weighted by molar-refractivity contribution is 7.13. The number of ether oxygens (including phenoxy) is 2. The van der Waals surface area contributed by atoms with E-state index in [2.05, 4.69) is 4.98 Å². The number of piperidine rings is 1. The number of hydrogen-bond acceptors (Lipinski definition) is 6. The van der Waals surface area contributed by atoms with E-state index in [1.807, 2.05) is 43.0 Å². The van der Waals surface area contributed by atoms with Gasteiger partial charge in [-0.15, -0.1) is 11.3 Å².